The van der Waals surface area contributed by atoms with Crippen LogP contribution in [0.1, 0.15) is 30.5 Å². The summed E-state index contributed by atoms with van der Waals surface area (Å²) in [6, 6.07) is 13.9. The van der Waals surface area contributed by atoms with E-state index in [1.54, 1.807) is 0 Å². The van der Waals surface area contributed by atoms with Gasteiger partial charge in [0.2, 0.25) is 5.91 Å². The fraction of sp³-hybridized carbons (Fsp3) is 0.381. The largest absolute Gasteiger partial charge is 0.490 e. The summed E-state index contributed by atoms with van der Waals surface area (Å²) in [5, 5.41) is 2.99. The summed E-state index contributed by atoms with van der Waals surface area (Å²) in [6.07, 6.45) is 1.17. The minimum Gasteiger partial charge on any atom is -0.490 e. The monoisotopic (exact) mass is 341 g/mol. The third-order valence-electron chi connectivity index (χ3n) is 3.96. The lowest BCUT2D eigenvalue weighted by molar-refractivity contribution is -0.120. The molecule has 0 radical (unpaired) electrons. The lowest BCUT2D eigenvalue weighted by atomic mass is 10.1. The number of carbonyl (C=O) groups is 1. The molecule has 0 aliphatic rings. The van der Waals surface area contributed by atoms with Crippen LogP contribution < -0.4 is 14.8 Å². The van der Waals surface area contributed by atoms with Gasteiger partial charge in [0.15, 0.2) is 11.5 Å². The summed E-state index contributed by atoms with van der Waals surface area (Å²) in [7, 11) is 0. The Kier molecular flexibility index (Phi) is 7.33. The molecular formula is C21H27NO3. The van der Waals surface area contributed by atoms with Gasteiger partial charge in [0.05, 0.1) is 19.6 Å². The van der Waals surface area contributed by atoms with Gasteiger partial charge >= 0.3 is 0 Å². The maximum atomic E-state index is 12.1. The predicted octanol–water partition coefficient (Wildman–Crippen LogP) is 3.69. The number of rotatable bonds is 9. The number of amides is 1. The van der Waals surface area contributed by atoms with Crippen molar-refractivity contribution in [2.75, 3.05) is 19.8 Å². The molecule has 0 aliphatic heterocycles. The molecule has 134 valence electrons. The van der Waals surface area contributed by atoms with Gasteiger partial charge < -0.3 is 14.8 Å². The van der Waals surface area contributed by atoms with Crippen molar-refractivity contribution >= 4 is 5.91 Å². The highest BCUT2D eigenvalue weighted by molar-refractivity contribution is 5.78. The van der Waals surface area contributed by atoms with Crippen LogP contribution in [0.3, 0.4) is 0 Å². The normalized spacial score (nSPS) is 10.4. The van der Waals surface area contributed by atoms with E-state index in [9.17, 15) is 4.79 Å². The number of aryl methyl sites for hydroxylation is 1. The fourth-order valence-corrected chi connectivity index (χ4v) is 2.64. The van der Waals surface area contributed by atoms with E-state index in [4.69, 9.17) is 9.47 Å². The molecule has 4 heteroatoms. The van der Waals surface area contributed by atoms with Crippen LogP contribution >= 0.6 is 0 Å². The van der Waals surface area contributed by atoms with Crippen LogP contribution in [0.2, 0.25) is 0 Å². The molecule has 1 amide bonds. The highest BCUT2D eigenvalue weighted by Crippen LogP contribution is 2.28. The number of nitrogens with one attached hydrogen (secondary N) is 1. The SMILES string of the molecule is CCOc1ccc(CCNC(=O)Cc2ccccc2C)cc1OCC. The van der Waals surface area contributed by atoms with Gasteiger partial charge in [-0.25, -0.2) is 0 Å². The molecule has 2 aromatic rings. The smallest absolute Gasteiger partial charge is 0.224 e. The number of hydrogen-bond donors (Lipinski definition) is 1. The summed E-state index contributed by atoms with van der Waals surface area (Å²) in [5.74, 6) is 1.56. The van der Waals surface area contributed by atoms with Gasteiger partial charge in [0.1, 0.15) is 0 Å². The Morgan fingerprint density at radius 3 is 2.44 bits per heavy atom. The Morgan fingerprint density at radius 1 is 1.00 bits per heavy atom. The molecule has 0 fully saturated rings. The predicted molar refractivity (Wildman–Crippen MR) is 100 cm³/mol. The average molecular weight is 341 g/mol. The van der Waals surface area contributed by atoms with Crippen LogP contribution in [-0.2, 0) is 17.6 Å². The van der Waals surface area contributed by atoms with E-state index in [1.165, 1.54) is 0 Å². The highest BCUT2D eigenvalue weighted by atomic mass is 16.5. The minimum absolute atomic E-state index is 0.0465. The van der Waals surface area contributed by atoms with E-state index < -0.39 is 0 Å². The standard InChI is InChI=1S/C21H27NO3/c1-4-24-19-11-10-17(14-20(19)25-5-2)12-13-22-21(23)15-18-9-7-6-8-16(18)3/h6-11,14H,4-5,12-13,15H2,1-3H3,(H,22,23). The zero-order valence-corrected chi connectivity index (χ0v) is 15.3. The zero-order chi connectivity index (χ0) is 18.1. The summed E-state index contributed by atoms with van der Waals surface area (Å²) < 4.78 is 11.2. The van der Waals surface area contributed by atoms with Crippen LogP contribution in [0.15, 0.2) is 42.5 Å². The molecule has 0 aromatic heterocycles. The fourth-order valence-electron chi connectivity index (χ4n) is 2.64. The van der Waals surface area contributed by atoms with E-state index in [-0.39, 0.29) is 5.91 Å². The first-order valence-corrected chi connectivity index (χ1v) is 8.83. The van der Waals surface area contributed by atoms with Crippen molar-refractivity contribution in [1.29, 1.82) is 0 Å². The maximum Gasteiger partial charge on any atom is 0.224 e. The van der Waals surface area contributed by atoms with Gasteiger partial charge in [-0.1, -0.05) is 30.3 Å². The third kappa shape index (κ3) is 5.82. The summed E-state index contributed by atoms with van der Waals surface area (Å²) in [6.45, 7) is 7.73. The Bertz CT molecular complexity index is 697. The van der Waals surface area contributed by atoms with Crippen LogP contribution in [0, 0.1) is 6.92 Å². The van der Waals surface area contributed by atoms with Crippen molar-refractivity contribution < 1.29 is 14.3 Å². The second-order valence-corrected chi connectivity index (χ2v) is 5.85. The molecular weight excluding hydrogens is 314 g/mol. The molecule has 0 saturated carbocycles. The van der Waals surface area contributed by atoms with Gasteiger partial charge in [-0.3, -0.25) is 4.79 Å². The van der Waals surface area contributed by atoms with Crippen molar-refractivity contribution in [3.05, 3.63) is 59.2 Å². The Labute approximate surface area is 150 Å². The first kappa shape index (κ1) is 18.8. The first-order chi connectivity index (χ1) is 12.1. The quantitative estimate of drug-likeness (QED) is 0.757. The molecule has 25 heavy (non-hydrogen) atoms. The summed E-state index contributed by atoms with van der Waals surface area (Å²) >= 11 is 0. The number of benzene rings is 2. The number of carbonyl (C=O) groups excluding carboxylic acids is 1. The Balaban J connectivity index is 1.87. The van der Waals surface area contributed by atoms with Gasteiger partial charge in [-0.2, -0.15) is 0 Å². The molecule has 0 spiro atoms. The topological polar surface area (TPSA) is 47.6 Å². The van der Waals surface area contributed by atoms with Crippen molar-refractivity contribution in [1.82, 2.24) is 5.32 Å². The number of ether oxygens (including phenoxy) is 2. The molecule has 0 aliphatic carbocycles. The van der Waals surface area contributed by atoms with Crippen molar-refractivity contribution in [3.8, 4) is 11.5 Å². The van der Waals surface area contributed by atoms with E-state index in [2.05, 4.69) is 5.32 Å². The third-order valence-corrected chi connectivity index (χ3v) is 3.96. The molecule has 0 heterocycles. The molecule has 0 unspecified atom stereocenters. The molecule has 4 nitrogen and oxygen atoms in total. The molecule has 0 atom stereocenters. The zero-order valence-electron chi connectivity index (χ0n) is 15.3. The summed E-state index contributed by atoms with van der Waals surface area (Å²) in [5.41, 5.74) is 3.33. The van der Waals surface area contributed by atoms with E-state index in [1.807, 2.05) is 63.2 Å². The van der Waals surface area contributed by atoms with Gasteiger partial charge in [-0.15, -0.1) is 0 Å². The van der Waals surface area contributed by atoms with E-state index in [0.717, 1.165) is 34.6 Å². The van der Waals surface area contributed by atoms with Crippen molar-refractivity contribution in [2.45, 2.75) is 33.6 Å². The van der Waals surface area contributed by atoms with E-state index >= 15 is 0 Å². The minimum atomic E-state index is 0.0465. The van der Waals surface area contributed by atoms with Crippen LogP contribution in [0.5, 0.6) is 11.5 Å². The van der Waals surface area contributed by atoms with Crippen LogP contribution in [0.4, 0.5) is 0 Å². The van der Waals surface area contributed by atoms with Crippen molar-refractivity contribution in [2.24, 2.45) is 0 Å². The maximum absolute atomic E-state index is 12.1. The molecule has 0 saturated heterocycles. The molecule has 2 rings (SSSR count). The van der Waals surface area contributed by atoms with Gasteiger partial charge in [0, 0.05) is 6.54 Å². The molecule has 2 aromatic carbocycles. The summed E-state index contributed by atoms with van der Waals surface area (Å²) in [4.78, 5) is 12.1. The van der Waals surface area contributed by atoms with Crippen LogP contribution in [0.25, 0.3) is 0 Å². The van der Waals surface area contributed by atoms with Gasteiger partial charge in [-0.05, 0) is 56.0 Å². The second-order valence-electron chi connectivity index (χ2n) is 5.85. The Hall–Kier alpha value is -2.49. The van der Waals surface area contributed by atoms with Crippen LogP contribution in [-0.4, -0.2) is 25.7 Å². The lowest BCUT2D eigenvalue weighted by Gasteiger charge is -2.13. The second kappa shape index (κ2) is 9.72. The Morgan fingerprint density at radius 2 is 1.72 bits per heavy atom. The first-order valence-electron chi connectivity index (χ1n) is 8.83. The average Bonchev–Trinajstić information content (AvgIpc) is 2.59. The lowest BCUT2D eigenvalue weighted by Crippen LogP contribution is -2.27. The number of hydrogen-bond acceptors (Lipinski definition) is 3. The van der Waals surface area contributed by atoms with Crippen molar-refractivity contribution in [3.63, 3.8) is 0 Å². The molecule has 1 N–H and O–H groups in total. The van der Waals surface area contributed by atoms with Gasteiger partial charge in [0.25, 0.3) is 0 Å². The van der Waals surface area contributed by atoms with E-state index in [0.29, 0.717) is 26.2 Å². The highest BCUT2D eigenvalue weighted by Gasteiger charge is 2.08. The molecule has 0 bridgehead atoms.